The number of esters is 1. The zero-order valence-corrected chi connectivity index (χ0v) is 16.4. The lowest BCUT2D eigenvalue weighted by Gasteiger charge is -2.16. The Morgan fingerprint density at radius 2 is 1.74 bits per heavy atom. The zero-order chi connectivity index (χ0) is 22.6. The number of carbonyl (C=O) groups is 3. The Hall–Kier alpha value is -3.40. The van der Waals surface area contributed by atoms with Gasteiger partial charge in [0.2, 0.25) is 5.91 Å². The fraction of sp³-hybridized carbons (Fsp3) is 0.286. The van der Waals surface area contributed by atoms with Crippen LogP contribution in [-0.4, -0.2) is 36.8 Å². The van der Waals surface area contributed by atoms with E-state index < -0.39 is 30.2 Å². The molecular weight excluding hydrogens is 417 g/mol. The van der Waals surface area contributed by atoms with E-state index in [1.165, 1.54) is 48.5 Å². The van der Waals surface area contributed by atoms with E-state index >= 15 is 0 Å². The molecule has 1 saturated heterocycles. The minimum atomic E-state index is -4.77. The molecule has 1 aliphatic rings. The minimum absolute atomic E-state index is 0.0618. The molecule has 0 aromatic heterocycles. The molecule has 2 aromatic rings. The van der Waals surface area contributed by atoms with Crippen LogP contribution in [0.4, 0.5) is 18.9 Å². The van der Waals surface area contributed by atoms with E-state index in [4.69, 9.17) is 4.74 Å². The SMILES string of the molecule is CCOC(=O)c1ccc(N2C(=O)C[C@@H](NCc3ccc(OC(F)(F)F)cc3)C2=O)cc1. The number of hydrogen-bond donors (Lipinski definition) is 1. The molecule has 0 saturated carbocycles. The van der Waals surface area contributed by atoms with Gasteiger partial charge in [0.25, 0.3) is 5.91 Å². The molecule has 2 amide bonds. The highest BCUT2D eigenvalue weighted by Crippen LogP contribution is 2.25. The molecule has 1 aliphatic heterocycles. The fourth-order valence-corrected chi connectivity index (χ4v) is 3.07. The van der Waals surface area contributed by atoms with Crippen molar-refractivity contribution >= 4 is 23.5 Å². The third kappa shape index (κ3) is 5.60. The highest BCUT2D eigenvalue weighted by Gasteiger charge is 2.39. The number of benzene rings is 2. The van der Waals surface area contributed by atoms with E-state index in [-0.39, 0.29) is 25.3 Å². The molecule has 0 aliphatic carbocycles. The van der Waals surface area contributed by atoms with Gasteiger partial charge in [-0.05, 0) is 48.9 Å². The number of carbonyl (C=O) groups excluding carboxylic acids is 3. The van der Waals surface area contributed by atoms with Gasteiger partial charge in [-0.1, -0.05) is 12.1 Å². The largest absolute Gasteiger partial charge is 0.573 e. The monoisotopic (exact) mass is 436 g/mol. The van der Waals surface area contributed by atoms with Gasteiger partial charge in [-0.2, -0.15) is 0 Å². The lowest BCUT2D eigenvalue weighted by molar-refractivity contribution is -0.274. The number of rotatable bonds is 7. The quantitative estimate of drug-likeness (QED) is 0.530. The van der Waals surface area contributed by atoms with Crippen LogP contribution in [0.5, 0.6) is 5.75 Å². The first-order valence-electron chi connectivity index (χ1n) is 9.40. The second-order valence-electron chi connectivity index (χ2n) is 6.66. The maximum atomic E-state index is 12.7. The van der Waals surface area contributed by atoms with Crippen LogP contribution in [0.25, 0.3) is 0 Å². The van der Waals surface area contributed by atoms with Crippen LogP contribution in [0.2, 0.25) is 0 Å². The molecule has 0 unspecified atom stereocenters. The van der Waals surface area contributed by atoms with Crippen LogP contribution in [-0.2, 0) is 20.9 Å². The van der Waals surface area contributed by atoms with Gasteiger partial charge in [-0.3, -0.25) is 9.59 Å². The Balaban J connectivity index is 1.61. The molecular formula is C21H19F3N2O5. The van der Waals surface area contributed by atoms with Crippen molar-refractivity contribution in [1.29, 1.82) is 0 Å². The van der Waals surface area contributed by atoms with Crippen molar-refractivity contribution in [2.24, 2.45) is 0 Å². The highest BCUT2D eigenvalue weighted by atomic mass is 19.4. The third-order valence-corrected chi connectivity index (χ3v) is 4.49. The fourth-order valence-electron chi connectivity index (χ4n) is 3.07. The van der Waals surface area contributed by atoms with Crippen LogP contribution in [0, 0.1) is 0 Å². The molecule has 1 heterocycles. The lowest BCUT2D eigenvalue weighted by Crippen LogP contribution is -2.38. The Kier molecular flexibility index (Phi) is 6.59. The van der Waals surface area contributed by atoms with Crippen LogP contribution < -0.4 is 15.0 Å². The summed E-state index contributed by atoms with van der Waals surface area (Å²) in [7, 11) is 0. The summed E-state index contributed by atoms with van der Waals surface area (Å²) in [5.74, 6) is -1.70. The summed E-state index contributed by atoms with van der Waals surface area (Å²) in [6.07, 6.45) is -4.83. The third-order valence-electron chi connectivity index (χ3n) is 4.49. The van der Waals surface area contributed by atoms with Crippen molar-refractivity contribution in [3.8, 4) is 5.75 Å². The van der Waals surface area contributed by atoms with Gasteiger partial charge in [0, 0.05) is 6.54 Å². The highest BCUT2D eigenvalue weighted by molar-refractivity contribution is 6.22. The maximum Gasteiger partial charge on any atom is 0.573 e. The van der Waals surface area contributed by atoms with E-state index in [2.05, 4.69) is 10.1 Å². The molecule has 0 bridgehead atoms. The number of alkyl halides is 3. The molecule has 31 heavy (non-hydrogen) atoms. The number of imide groups is 1. The first-order chi connectivity index (χ1) is 14.7. The first kappa shape index (κ1) is 22.3. The molecule has 3 rings (SSSR count). The second kappa shape index (κ2) is 9.17. The first-order valence-corrected chi connectivity index (χ1v) is 9.40. The van der Waals surface area contributed by atoms with Gasteiger partial charge in [-0.15, -0.1) is 13.2 Å². The summed E-state index contributed by atoms with van der Waals surface area (Å²) in [6.45, 7) is 2.09. The summed E-state index contributed by atoms with van der Waals surface area (Å²) in [5.41, 5.74) is 1.25. The summed E-state index contributed by atoms with van der Waals surface area (Å²) in [4.78, 5) is 37.8. The average Bonchev–Trinajstić information content (AvgIpc) is 3.00. The molecule has 1 atom stereocenters. The molecule has 7 nitrogen and oxygen atoms in total. The predicted octanol–water partition coefficient (Wildman–Crippen LogP) is 3.18. The van der Waals surface area contributed by atoms with E-state index in [0.29, 0.717) is 16.8 Å². The standard InChI is InChI=1S/C21H19F3N2O5/c1-2-30-20(29)14-5-7-15(8-6-14)26-18(27)11-17(19(26)28)25-12-13-3-9-16(10-4-13)31-21(22,23)24/h3-10,17,25H,2,11-12H2,1H3/t17-/m1/s1. The minimum Gasteiger partial charge on any atom is -0.462 e. The maximum absolute atomic E-state index is 12.7. The van der Waals surface area contributed by atoms with Crippen molar-refractivity contribution in [3.05, 3.63) is 59.7 Å². The molecule has 2 aromatic carbocycles. The molecule has 0 radical (unpaired) electrons. The molecule has 0 spiro atoms. The Morgan fingerprint density at radius 1 is 1.10 bits per heavy atom. The van der Waals surface area contributed by atoms with E-state index in [1.54, 1.807) is 6.92 Å². The molecule has 1 N–H and O–H groups in total. The lowest BCUT2D eigenvalue weighted by atomic mass is 10.2. The Bertz CT molecular complexity index is 958. The van der Waals surface area contributed by atoms with Crippen LogP contribution >= 0.6 is 0 Å². The smallest absolute Gasteiger partial charge is 0.462 e. The van der Waals surface area contributed by atoms with Crippen LogP contribution in [0.15, 0.2) is 48.5 Å². The topological polar surface area (TPSA) is 84.9 Å². The van der Waals surface area contributed by atoms with Crippen molar-refractivity contribution < 1.29 is 37.0 Å². The number of nitrogens with one attached hydrogen (secondary N) is 1. The van der Waals surface area contributed by atoms with Crippen LogP contribution in [0.3, 0.4) is 0 Å². The van der Waals surface area contributed by atoms with Gasteiger partial charge in [-0.25, -0.2) is 9.69 Å². The Labute approximate surface area is 175 Å². The molecule has 1 fully saturated rings. The van der Waals surface area contributed by atoms with Crippen molar-refractivity contribution in [2.45, 2.75) is 32.3 Å². The average molecular weight is 436 g/mol. The van der Waals surface area contributed by atoms with E-state index in [9.17, 15) is 27.6 Å². The number of anilines is 1. The molecule has 10 heteroatoms. The number of nitrogens with zero attached hydrogens (tertiary/aromatic N) is 1. The summed E-state index contributed by atoms with van der Waals surface area (Å²) in [5, 5.41) is 2.94. The second-order valence-corrected chi connectivity index (χ2v) is 6.66. The number of ether oxygens (including phenoxy) is 2. The van der Waals surface area contributed by atoms with E-state index in [1.807, 2.05) is 0 Å². The predicted molar refractivity (Wildman–Crippen MR) is 103 cm³/mol. The number of hydrogen-bond acceptors (Lipinski definition) is 6. The van der Waals surface area contributed by atoms with Crippen molar-refractivity contribution in [3.63, 3.8) is 0 Å². The van der Waals surface area contributed by atoms with Crippen molar-refractivity contribution in [2.75, 3.05) is 11.5 Å². The number of halogens is 3. The van der Waals surface area contributed by atoms with Gasteiger partial charge in [0.15, 0.2) is 0 Å². The summed E-state index contributed by atoms with van der Waals surface area (Å²) in [6, 6.07) is 10.4. The molecule has 164 valence electrons. The normalized spacial score (nSPS) is 16.5. The van der Waals surface area contributed by atoms with Gasteiger partial charge >= 0.3 is 12.3 Å². The number of amides is 2. The van der Waals surface area contributed by atoms with E-state index in [0.717, 1.165) is 4.90 Å². The Morgan fingerprint density at radius 3 is 2.32 bits per heavy atom. The van der Waals surface area contributed by atoms with Crippen LogP contribution in [0.1, 0.15) is 29.3 Å². The summed E-state index contributed by atoms with van der Waals surface area (Å²) >= 11 is 0. The summed E-state index contributed by atoms with van der Waals surface area (Å²) < 4.78 is 45.4. The zero-order valence-electron chi connectivity index (χ0n) is 16.4. The van der Waals surface area contributed by atoms with Gasteiger partial charge < -0.3 is 14.8 Å². The van der Waals surface area contributed by atoms with Gasteiger partial charge in [0.05, 0.1) is 30.3 Å². The van der Waals surface area contributed by atoms with Gasteiger partial charge in [0.1, 0.15) is 5.75 Å². The van der Waals surface area contributed by atoms with Crippen molar-refractivity contribution in [1.82, 2.24) is 5.32 Å².